The standard InChI is InChI=1S/B.Br2O.H3N/c;1-3-2;/h;;1H3. The average molecular weight is 204 g/mol. The third kappa shape index (κ3) is 48.0. The van der Waals surface area contributed by atoms with Crippen LogP contribution in [0.3, 0.4) is 0 Å². The van der Waals surface area contributed by atoms with Crippen molar-refractivity contribution in [2.45, 2.75) is 0 Å². The van der Waals surface area contributed by atoms with Crippen molar-refractivity contribution >= 4 is 40.9 Å². The molecule has 3 N–H and O–H groups in total. The van der Waals surface area contributed by atoms with Crippen molar-refractivity contribution in [3.05, 3.63) is 0 Å². The molecular formula is H3BBr2NO. The smallest absolute Gasteiger partial charge is 0.115 e. The maximum atomic E-state index is 3.88. The van der Waals surface area contributed by atoms with Crippen molar-refractivity contribution in [2.24, 2.45) is 0 Å². The molecule has 0 spiro atoms. The van der Waals surface area contributed by atoms with Crippen LogP contribution in [-0.4, -0.2) is 8.41 Å². The van der Waals surface area contributed by atoms with Crippen molar-refractivity contribution in [1.82, 2.24) is 6.15 Å². The predicted molar refractivity (Wildman–Crippen MR) is 29.7 cm³/mol. The molecule has 0 aromatic carbocycles. The largest absolute Gasteiger partial charge is 0.344 e. The van der Waals surface area contributed by atoms with Crippen molar-refractivity contribution in [2.75, 3.05) is 0 Å². The summed E-state index contributed by atoms with van der Waals surface area (Å²) in [5, 5.41) is 0. The number of rotatable bonds is 0. The Morgan fingerprint density at radius 3 is 1.20 bits per heavy atom. The zero-order valence-electron chi connectivity index (χ0n) is 2.45. The van der Waals surface area contributed by atoms with Crippen molar-refractivity contribution in [3.63, 3.8) is 0 Å². The SMILES string of the molecule is BrOBr.N.[B]. The van der Waals surface area contributed by atoms with Crippen LogP contribution >= 0.6 is 32.5 Å². The first-order valence-corrected chi connectivity index (χ1v) is 1.60. The van der Waals surface area contributed by atoms with Gasteiger partial charge in [-0.2, -0.15) is 0 Å². The molecule has 0 aliphatic heterocycles. The lowest BCUT2D eigenvalue weighted by Crippen LogP contribution is -1.10. The van der Waals surface area contributed by atoms with Crippen molar-refractivity contribution in [3.8, 4) is 0 Å². The van der Waals surface area contributed by atoms with Gasteiger partial charge in [-0.3, -0.25) is 0 Å². The first-order chi connectivity index (χ1) is 1.41. The van der Waals surface area contributed by atoms with E-state index in [4.69, 9.17) is 0 Å². The Bertz CT molecular complexity index is 9.61. The number of hydrogen-bond acceptors (Lipinski definition) is 2. The molecule has 5 heavy (non-hydrogen) atoms. The predicted octanol–water partition coefficient (Wildman–Crippen LogP) is 1.40. The molecule has 0 aliphatic rings. The molecule has 0 unspecified atom stereocenters. The highest BCUT2D eigenvalue weighted by Crippen LogP contribution is 1.88. The van der Waals surface area contributed by atoms with E-state index in [-0.39, 0.29) is 14.6 Å². The summed E-state index contributed by atoms with van der Waals surface area (Å²) < 4.78 is 3.88. The minimum atomic E-state index is 0. The van der Waals surface area contributed by atoms with Crippen LogP contribution in [0.1, 0.15) is 0 Å². The molecule has 3 radical (unpaired) electrons. The second-order valence-corrected chi connectivity index (χ2v) is 1.57. The molecule has 2 nitrogen and oxygen atoms in total. The first kappa shape index (κ1) is 16.8. The second kappa shape index (κ2) is 20.3. The van der Waals surface area contributed by atoms with Gasteiger partial charge in [-0.15, -0.1) is 0 Å². The molecule has 0 bridgehead atoms. The van der Waals surface area contributed by atoms with Gasteiger partial charge in [-0.1, -0.05) is 0 Å². The lowest BCUT2D eigenvalue weighted by atomic mass is 10.8. The van der Waals surface area contributed by atoms with E-state index in [0.29, 0.717) is 0 Å². The number of hydrogen-bond donors (Lipinski definition) is 1. The Kier molecular flexibility index (Phi) is 68.2. The van der Waals surface area contributed by atoms with Crippen LogP contribution in [0, 0.1) is 0 Å². The molecule has 31 valence electrons. The van der Waals surface area contributed by atoms with E-state index in [2.05, 4.69) is 35.4 Å². The van der Waals surface area contributed by atoms with Crippen LogP contribution in [0.2, 0.25) is 0 Å². The van der Waals surface area contributed by atoms with E-state index in [1.807, 2.05) is 0 Å². The summed E-state index contributed by atoms with van der Waals surface area (Å²) in [5.74, 6) is 0. The molecule has 0 heterocycles. The van der Waals surface area contributed by atoms with E-state index < -0.39 is 0 Å². The van der Waals surface area contributed by atoms with Crippen LogP contribution in [0.25, 0.3) is 0 Å². The maximum absolute atomic E-state index is 3.88. The zero-order chi connectivity index (χ0) is 2.71. The van der Waals surface area contributed by atoms with Gasteiger partial charge in [0.05, 0.1) is 0 Å². The average Bonchev–Trinajstić information content (AvgIpc) is 0.918. The third-order valence-electron chi connectivity index (χ3n) is 0. The summed E-state index contributed by atoms with van der Waals surface area (Å²) in [7, 11) is 0. The Balaban J connectivity index is -0.0000000200. The van der Waals surface area contributed by atoms with Crippen molar-refractivity contribution in [1.29, 1.82) is 0 Å². The lowest BCUT2D eigenvalue weighted by molar-refractivity contribution is 0.838. The van der Waals surface area contributed by atoms with Crippen LogP contribution in [0.5, 0.6) is 0 Å². The van der Waals surface area contributed by atoms with E-state index in [1.165, 1.54) is 0 Å². The highest BCUT2D eigenvalue weighted by Gasteiger charge is 1.37. The molecule has 0 amide bonds. The highest BCUT2D eigenvalue weighted by molar-refractivity contribution is 9.18. The van der Waals surface area contributed by atoms with E-state index in [9.17, 15) is 0 Å². The topological polar surface area (TPSA) is 44.2 Å². The summed E-state index contributed by atoms with van der Waals surface area (Å²) in [6.07, 6.45) is 0. The van der Waals surface area contributed by atoms with Gasteiger partial charge in [-0.05, 0) is 0 Å². The molecule has 0 aliphatic carbocycles. The van der Waals surface area contributed by atoms with Gasteiger partial charge in [0.15, 0.2) is 0 Å². The van der Waals surface area contributed by atoms with Gasteiger partial charge in [0.25, 0.3) is 0 Å². The van der Waals surface area contributed by atoms with Crippen LogP contribution in [0.4, 0.5) is 0 Å². The van der Waals surface area contributed by atoms with Gasteiger partial charge in [0, 0.05) is 8.41 Å². The molecule has 0 fully saturated rings. The molecule has 0 saturated carbocycles. The summed E-state index contributed by atoms with van der Waals surface area (Å²) in [4.78, 5) is 0. The summed E-state index contributed by atoms with van der Waals surface area (Å²) >= 11 is 5.12. The summed E-state index contributed by atoms with van der Waals surface area (Å²) in [5.41, 5.74) is 0. The van der Waals surface area contributed by atoms with Gasteiger partial charge in [0.2, 0.25) is 0 Å². The fraction of sp³-hybridized carbons (Fsp3) is 0. The fourth-order valence-corrected chi connectivity index (χ4v) is 0. The van der Waals surface area contributed by atoms with Crippen LogP contribution < -0.4 is 6.15 Å². The minimum Gasteiger partial charge on any atom is -0.344 e. The molecule has 0 aromatic rings. The van der Waals surface area contributed by atoms with Gasteiger partial charge >= 0.3 is 0 Å². The monoisotopic (exact) mass is 202 g/mol. The Morgan fingerprint density at radius 2 is 1.20 bits per heavy atom. The van der Waals surface area contributed by atoms with Crippen LogP contribution in [-0.2, 0) is 2.92 Å². The second-order valence-electron chi connectivity index (χ2n) is 0.0583. The quantitative estimate of drug-likeness (QED) is 0.605. The van der Waals surface area contributed by atoms with E-state index in [0.717, 1.165) is 0 Å². The molecule has 5 heteroatoms. The molecule has 0 rings (SSSR count). The molecule has 0 saturated heterocycles. The van der Waals surface area contributed by atoms with E-state index >= 15 is 0 Å². The van der Waals surface area contributed by atoms with Gasteiger partial charge in [0.1, 0.15) is 32.5 Å². The first-order valence-electron chi connectivity index (χ1n) is 0.309. The maximum Gasteiger partial charge on any atom is 0.115 e. The van der Waals surface area contributed by atoms with E-state index in [1.54, 1.807) is 0 Å². The normalized spacial score (nSPS) is 3.60. The summed E-state index contributed by atoms with van der Waals surface area (Å²) in [6, 6.07) is 0. The Morgan fingerprint density at radius 1 is 1.20 bits per heavy atom. The number of halogens is 2. The third-order valence-corrected chi connectivity index (χ3v) is 0. The van der Waals surface area contributed by atoms with Crippen LogP contribution in [0.15, 0.2) is 0 Å². The minimum absolute atomic E-state index is 0. The molecular weight excluding hydrogens is 201 g/mol. The van der Waals surface area contributed by atoms with Crippen molar-refractivity contribution < 1.29 is 2.92 Å². The molecule has 0 aromatic heterocycles. The fourth-order valence-electron chi connectivity index (χ4n) is 0. The zero-order valence-corrected chi connectivity index (χ0v) is 5.62. The Labute approximate surface area is 50.3 Å². The van der Waals surface area contributed by atoms with Gasteiger partial charge in [-0.25, -0.2) is 2.92 Å². The van der Waals surface area contributed by atoms with Gasteiger partial charge < -0.3 is 6.15 Å². The summed E-state index contributed by atoms with van der Waals surface area (Å²) in [6.45, 7) is 0. The Hall–Kier alpha value is 0.945. The molecule has 0 atom stereocenters. The highest BCUT2D eigenvalue weighted by atomic mass is 79.9. The lowest BCUT2D eigenvalue weighted by Gasteiger charge is -1.48.